The zero-order valence-electron chi connectivity index (χ0n) is 11.3. The molecule has 1 aromatic carbocycles. The number of rotatable bonds is 6. The van der Waals surface area contributed by atoms with Gasteiger partial charge in [-0.25, -0.2) is 0 Å². The highest BCUT2D eigenvalue weighted by Gasteiger charge is 2.05. The Labute approximate surface area is 109 Å². The van der Waals surface area contributed by atoms with E-state index in [1.54, 1.807) is 7.11 Å². The predicted molar refractivity (Wildman–Crippen MR) is 76.1 cm³/mol. The van der Waals surface area contributed by atoms with Crippen LogP contribution < -0.4 is 4.74 Å². The average molecular weight is 243 g/mol. The number of para-hydroxylation sites is 1. The Bertz CT molecular complexity index is 507. The molecule has 0 fully saturated rings. The van der Waals surface area contributed by atoms with Gasteiger partial charge in [-0.2, -0.15) is 0 Å². The van der Waals surface area contributed by atoms with Gasteiger partial charge in [-0.3, -0.25) is 4.98 Å². The highest BCUT2D eigenvalue weighted by atomic mass is 16.5. The van der Waals surface area contributed by atoms with Gasteiger partial charge in [0.15, 0.2) is 0 Å². The molecule has 0 aliphatic rings. The van der Waals surface area contributed by atoms with Crippen LogP contribution in [0.3, 0.4) is 0 Å². The Balaban J connectivity index is 2.18. The summed E-state index contributed by atoms with van der Waals surface area (Å²) in [7, 11) is 1.72. The molecule has 0 amide bonds. The molecule has 0 atom stereocenters. The normalized spacial score (nSPS) is 10.8. The van der Waals surface area contributed by atoms with Crippen molar-refractivity contribution in [2.24, 2.45) is 0 Å². The molecule has 0 N–H and O–H groups in total. The van der Waals surface area contributed by atoms with Gasteiger partial charge in [-0.05, 0) is 25.0 Å². The molecule has 0 spiro atoms. The van der Waals surface area contributed by atoms with Gasteiger partial charge in [0.2, 0.25) is 0 Å². The van der Waals surface area contributed by atoms with Crippen molar-refractivity contribution < 1.29 is 4.74 Å². The Hall–Kier alpha value is -1.57. The van der Waals surface area contributed by atoms with Crippen LogP contribution >= 0.6 is 0 Å². The fourth-order valence-electron chi connectivity index (χ4n) is 2.23. The first-order valence-electron chi connectivity index (χ1n) is 6.77. The third-order valence-corrected chi connectivity index (χ3v) is 3.24. The number of benzene rings is 1. The van der Waals surface area contributed by atoms with E-state index in [1.165, 1.54) is 25.7 Å². The second-order valence-electron chi connectivity index (χ2n) is 4.64. The summed E-state index contributed by atoms with van der Waals surface area (Å²) in [4.78, 5) is 4.70. The standard InChI is InChI=1S/C16H21NO/c1-3-4-5-6-9-13-12-16(18-2)14-10-7-8-11-15(14)17-13/h7-8,10-12H,3-6,9H2,1-2H3. The maximum atomic E-state index is 5.46. The lowest BCUT2D eigenvalue weighted by Crippen LogP contribution is -1.94. The number of fused-ring (bicyclic) bond motifs is 1. The van der Waals surface area contributed by atoms with Crippen LogP contribution in [0, 0.1) is 0 Å². The van der Waals surface area contributed by atoms with E-state index in [0.29, 0.717) is 0 Å². The Kier molecular flexibility index (Phi) is 4.57. The second kappa shape index (κ2) is 6.39. The summed E-state index contributed by atoms with van der Waals surface area (Å²) in [6.07, 6.45) is 6.12. The van der Waals surface area contributed by atoms with Crippen LogP contribution in [0.4, 0.5) is 0 Å². The summed E-state index contributed by atoms with van der Waals surface area (Å²) in [5.74, 6) is 0.936. The first kappa shape index (κ1) is 12.9. The minimum Gasteiger partial charge on any atom is -0.496 e. The summed E-state index contributed by atoms with van der Waals surface area (Å²) in [6, 6.07) is 10.2. The molecule has 0 aliphatic heterocycles. The van der Waals surface area contributed by atoms with Crippen molar-refractivity contribution in [3.8, 4) is 5.75 Å². The zero-order valence-corrected chi connectivity index (χ0v) is 11.3. The second-order valence-corrected chi connectivity index (χ2v) is 4.64. The number of nitrogens with zero attached hydrogens (tertiary/aromatic N) is 1. The Morgan fingerprint density at radius 3 is 2.72 bits per heavy atom. The van der Waals surface area contributed by atoms with Gasteiger partial charge in [0.25, 0.3) is 0 Å². The molecule has 18 heavy (non-hydrogen) atoms. The summed E-state index contributed by atoms with van der Waals surface area (Å²) in [5.41, 5.74) is 2.17. The van der Waals surface area contributed by atoms with Crippen molar-refractivity contribution in [2.45, 2.75) is 39.0 Å². The van der Waals surface area contributed by atoms with Crippen molar-refractivity contribution in [2.75, 3.05) is 7.11 Å². The van der Waals surface area contributed by atoms with Crippen molar-refractivity contribution in [1.82, 2.24) is 4.98 Å². The van der Waals surface area contributed by atoms with E-state index in [9.17, 15) is 0 Å². The largest absolute Gasteiger partial charge is 0.496 e. The lowest BCUT2D eigenvalue weighted by atomic mass is 10.1. The maximum absolute atomic E-state index is 5.46. The topological polar surface area (TPSA) is 22.1 Å². The smallest absolute Gasteiger partial charge is 0.130 e. The van der Waals surface area contributed by atoms with Crippen LogP contribution in [0.1, 0.15) is 38.3 Å². The first-order chi connectivity index (χ1) is 8.85. The van der Waals surface area contributed by atoms with Crippen molar-refractivity contribution >= 4 is 10.9 Å². The molecule has 1 heterocycles. The van der Waals surface area contributed by atoms with Gasteiger partial charge in [-0.1, -0.05) is 38.3 Å². The average Bonchev–Trinajstić information content (AvgIpc) is 2.42. The summed E-state index contributed by atoms with van der Waals surface area (Å²) < 4.78 is 5.46. The first-order valence-corrected chi connectivity index (χ1v) is 6.77. The van der Waals surface area contributed by atoms with Crippen LogP contribution in [0.2, 0.25) is 0 Å². The molecule has 0 bridgehead atoms. The zero-order chi connectivity index (χ0) is 12.8. The highest BCUT2D eigenvalue weighted by Crippen LogP contribution is 2.25. The van der Waals surface area contributed by atoms with Crippen molar-refractivity contribution in [3.63, 3.8) is 0 Å². The number of aryl methyl sites for hydroxylation is 1. The fourth-order valence-corrected chi connectivity index (χ4v) is 2.23. The number of methoxy groups -OCH3 is 1. The Morgan fingerprint density at radius 1 is 1.11 bits per heavy atom. The molecule has 96 valence electrons. The minimum absolute atomic E-state index is 0.936. The monoisotopic (exact) mass is 243 g/mol. The number of ether oxygens (including phenoxy) is 1. The molecule has 1 aromatic heterocycles. The molecule has 0 radical (unpaired) electrons. The van der Waals surface area contributed by atoms with Gasteiger partial charge >= 0.3 is 0 Å². The highest BCUT2D eigenvalue weighted by molar-refractivity contribution is 5.85. The Morgan fingerprint density at radius 2 is 1.94 bits per heavy atom. The molecule has 0 saturated carbocycles. The number of hydrogen-bond donors (Lipinski definition) is 0. The quantitative estimate of drug-likeness (QED) is 0.703. The molecule has 2 heteroatoms. The van der Waals surface area contributed by atoms with E-state index in [-0.39, 0.29) is 0 Å². The SMILES string of the molecule is CCCCCCc1cc(OC)c2ccccc2n1. The van der Waals surface area contributed by atoms with Crippen molar-refractivity contribution in [1.29, 1.82) is 0 Å². The van der Waals surface area contributed by atoms with E-state index < -0.39 is 0 Å². The third kappa shape index (κ3) is 3.00. The van der Waals surface area contributed by atoms with E-state index in [1.807, 2.05) is 18.2 Å². The van der Waals surface area contributed by atoms with Crippen LogP contribution in [0.25, 0.3) is 10.9 Å². The van der Waals surface area contributed by atoms with Crippen LogP contribution in [0.15, 0.2) is 30.3 Å². The van der Waals surface area contributed by atoms with E-state index in [2.05, 4.69) is 19.1 Å². The number of hydrogen-bond acceptors (Lipinski definition) is 2. The molecule has 0 aliphatic carbocycles. The van der Waals surface area contributed by atoms with Gasteiger partial charge in [0, 0.05) is 17.1 Å². The van der Waals surface area contributed by atoms with Crippen LogP contribution in [-0.4, -0.2) is 12.1 Å². The van der Waals surface area contributed by atoms with Gasteiger partial charge in [0.1, 0.15) is 5.75 Å². The van der Waals surface area contributed by atoms with E-state index in [0.717, 1.165) is 28.8 Å². The van der Waals surface area contributed by atoms with Gasteiger partial charge < -0.3 is 4.74 Å². The molecule has 0 unspecified atom stereocenters. The van der Waals surface area contributed by atoms with Crippen LogP contribution in [-0.2, 0) is 6.42 Å². The lowest BCUT2D eigenvalue weighted by Gasteiger charge is -2.08. The summed E-state index contributed by atoms with van der Waals surface area (Å²) in [5, 5.41) is 1.09. The minimum atomic E-state index is 0.936. The number of aromatic nitrogens is 1. The third-order valence-electron chi connectivity index (χ3n) is 3.24. The summed E-state index contributed by atoms with van der Waals surface area (Å²) >= 11 is 0. The molecule has 2 nitrogen and oxygen atoms in total. The van der Waals surface area contributed by atoms with E-state index in [4.69, 9.17) is 9.72 Å². The number of unbranched alkanes of at least 4 members (excludes halogenated alkanes) is 3. The lowest BCUT2D eigenvalue weighted by molar-refractivity contribution is 0.418. The molecular formula is C16H21NO. The van der Waals surface area contributed by atoms with Gasteiger partial charge in [0.05, 0.1) is 12.6 Å². The molecule has 2 aromatic rings. The fraction of sp³-hybridized carbons (Fsp3) is 0.438. The number of pyridine rings is 1. The molecular weight excluding hydrogens is 222 g/mol. The van der Waals surface area contributed by atoms with Crippen LogP contribution in [0.5, 0.6) is 5.75 Å². The molecule has 2 rings (SSSR count). The molecule has 0 saturated heterocycles. The predicted octanol–water partition coefficient (Wildman–Crippen LogP) is 4.37. The van der Waals surface area contributed by atoms with E-state index >= 15 is 0 Å². The van der Waals surface area contributed by atoms with Crippen molar-refractivity contribution in [3.05, 3.63) is 36.0 Å². The summed E-state index contributed by atoms with van der Waals surface area (Å²) in [6.45, 7) is 2.23. The van der Waals surface area contributed by atoms with Gasteiger partial charge in [-0.15, -0.1) is 0 Å². The maximum Gasteiger partial charge on any atom is 0.130 e.